The van der Waals surface area contributed by atoms with E-state index in [0.29, 0.717) is 12.5 Å². The predicted molar refractivity (Wildman–Crippen MR) is 104 cm³/mol. The number of thiocarbonyl (C=S) groups is 1. The zero-order chi connectivity index (χ0) is 19.1. The van der Waals surface area contributed by atoms with Gasteiger partial charge in [-0.15, -0.1) is 12.6 Å². The van der Waals surface area contributed by atoms with E-state index in [-0.39, 0.29) is 10.9 Å². The van der Waals surface area contributed by atoms with Crippen LogP contribution in [0.5, 0.6) is 0 Å². The van der Waals surface area contributed by atoms with Crippen molar-refractivity contribution in [1.82, 2.24) is 4.90 Å². The maximum Gasteiger partial charge on any atom is 0.133 e. The first-order valence-electron chi connectivity index (χ1n) is 8.07. The molecule has 0 amide bonds. The van der Waals surface area contributed by atoms with Gasteiger partial charge in [0, 0.05) is 13.1 Å². The van der Waals surface area contributed by atoms with E-state index in [2.05, 4.69) is 26.5 Å². The van der Waals surface area contributed by atoms with Gasteiger partial charge in [0.15, 0.2) is 0 Å². The lowest BCUT2D eigenvalue weighted by Crippen LogP contribution is -2.49. The molecule has 0 saturated heterocycles. The summed E-state index contributed by atoms with van der Waals surface area (Å²) in [5.74, 6) is 0.424. The van der Waals surface area contributed by atoms with E-state index < -0.39 is 31.0 Å². The number of benzene rings is 1. The van der Waals surface area contributed by atoms with Crippen LogP contribution in [0, 0.1) is 0 Å². The molecule has 8 heteroatoms. The van der Waals surface area contributed by atoms with Crippen LogP contribution in [0.4, 0.5) is 0 Å². The first-order chi connectivity index (χ1) is 11.7. The lowest BCUT2D eigenvalue weighted by molar-refractivity contribution is -0.117. The Labute approximate surface area is 159 Å². The molecular formula is C17H27NO5S2. The third-order valence-electron chi connectivity index (χ3n) is 4.02. The highest BCUT2D eigenvalue weighted by atomic mass is 32.1. The second-order valence-corrected chi connectivity index (χ2v) is 7.47. The highest BCUT2D eigenvalue weighted by molar-refractivity contribution is 8.10. The van der Waals surface area contributed by atoms with Crippen LogP contribution >= 0.6 is 24.8 Å². The van der Waals surface area contributed by atoms with Gasteiger partial charge in [0.25, 0.3) is 0 Å². The number of rotatable bonds is 9. The van der Waals surface area contributed by atoms with Crippen molar-refractivity contribution in [2.45, 2.75) is 50.7 Å². The topological polar surface area (TPSA) is 104 Å². The second kappa shape index (κ2) is 10.4. The van der Waals surface area contributed by atoms with Crippen LogP contribution in [-0.4, -0.2) is 72.3 Å². The molecule has 0 saturated carbocycles. The number of hydrogen-bond donors (Lipinski definition) is 6. The van der Waals surface area contributed by atoms with E-state index in [1.54, 1.807) is 4.90 Å². The SMILES string of the molecule is CC(C)c1ccc(CN(C[C@H](O)[C@@H](O)[C@H](O)[C@H](O)CO)C(=S)S)cc1. The molecule has 0 aliphatic carbocycles. The van der Waals surface area contributed by atoms with Gasteiger partial charge in [-0.25, -0.2) is 0 Å². The standard InChI is InChI=1S/C17H27NO5S2/c1-10(2)12-5-3-11(4-6-12)7-18(17(24)25)8-13(20)15(22)16(23)14(21)9-19/h3-6,10,13-16,19-23H,7-9H2,1-2H3,(H,24,25)/t13-,14+,15+,16+/m0/s1. The van der Waals surface area contributed by atoms with Crippen molar-refractivity contribution in [2.75, 3.05) is 13.2 Å². The van der Waals surface area contributed by atoms with Crippen molar-refractivity contribution in [1.29, 1.82) is 0 Å². The fourth-order valence-corrected chi connectivity index (χ4v) is 2.63. The van der Waals surface area contributed by atoms with Crippen LogP contribution < -0.4 is 0 Å². The van der Waals surface area contributed by atoms with Crippen molar-refractivity contribution in [2.24, 2.45) is 0 Å². The third-order valence-corrected chi connectivity index (χ3v) is 4.56. The van der Waals surface area contributed by atoms with Crippen molar-refractivity contribution in [3.8, 4) is 0 Å². The van der Waals surface area contributed by atoms with Crippen LogP contribution in [-0.2, 0) is 6.54 Å². The highest BCUT2D eigenvalue weighted by Gasteiger charge is 2.31. The van der Waals surface area contributed by atoms with E-state index in [0.717, 1.165) is 5.56 Å². The summed E-state index contributed by atoms with van der Waals surface area (Å²) in [6, 6.07) is 7.96. The Balaban J connectivity index is 2.75. The molecule has 25 heavy (non-hydrogen) atoms. The Hall–Kier alpha value is -0.740. The van der Waals surface area contributed by atoms with Crippen LogP contribution in [0.2, 0.25) is 0 Å². The molecule has 0 aromatic heterocycles. The van der Waals surface area contributed by atoms with E-state index in [9.17, 15) is 20.4 Å². The molecule has 4 atom stereocenters. The van der Waals surface area contributed by atoms with Gasteiger partial charge in [-0.3, -0.25) is 0 Å². The monoisotopic (exact) mass is 389 g/mol. The van der Waals surface area contributed by atoms with E-state index in [4.69, 9.17) is 17.3 Å². The number of hydrogen-bond acceptors (Lipinski definition) is 6. The predicted octanol–water partition coefficient (Wildman–Crippen LogP) is 0.263. The molecule has 5 N–H and O–H groups in total. The quantitative estimate of drug-likeness (QED) is 0.266. The molecule has 6 nitrogen and oxygen atoms in total. The van der Waals surface area contributed by atoms with Gasteiger partial charge in [0.1, 0.15) is 28.7 Å². The zero-order valence-corrected chi connectivity index (χ0v) is 16.1. The molecule has 0 fully saturated rings. The second-order valence-electron chi connectivity index (χ2n) is 6.36. The summed E-state index contributed by atoms with van der Waals surface area (Å²) < 4.78 is 0.233. The molecular weight excluding hydrogens is 362 g/mol. The number of aliphatic hydroxyl groups is 5. The van der Waals surface area contributed by atoms with Gasteiger partial charge in [0.2, 0.25) is 0 Å². The minimum absolute atomic E-state index is 0.0787. The van der Waals surface area contributed by atoms with Crippen molar-refractivity contribution < 1.29 is 25.5 Å². The first-order valence-corrected chi connectivity index (χ1v) is 8.92. The van der Waals surface area contributed by atoms with Gasteiger partial charge in [-0.2, -0.15) is 0 Å². The molecule has 0 aliphatic rings. The Morgan fingerprint density at radius 3 is 2.00 bits per heavy atom. The summed E-state index contributed by atoms with van der Waals surface area (Å²) in [7, 11) is 0. The first kappa shape index (κ1) is 22.3. The molecule has 1 aromatic rings. The summed E-state index contributed by atoms with van der Waals surface area (Å²) >= 11 is 9.22. The van der Waals surface area contributed by atoms with E-state index in [1.165, 1.54) is 5.56 Å². The van der Waals surface area contributed by atoms with Gasteiger partial charge < -0.3 is 30.4 Å². The average molecular weight is 390 g/mol. The minimum atomic E-state index is -1.67. The van der Waals surface area contributed by atoms with Crippen LogP contribution in [0.1, 0.15) is 30.9 Å². The highest BCUT2D eigenvalue weighted by Crippen LogP contribution is 2.17. The Morgan fingerprint density at radius 2 is 1.56 bits per heavy atom. The number of aliphatic hydroxyl groups excluding tert-OH is 5. The van der Waals surface area contributed by atoms with E-state index in [1.807, 2.05) is 24.3 Å². The Kier molecular flexibility index (Phi) is 9.29. The molecule has 0 radical (unpaired) electrons. The van der Waals surface area contributed by atoms with Gasteiger partial charge >= 0.3 is 0 Å². The summed E-state index contributed by atoms with van der Waals surface area (Å²) in [4.78, 5) is 1.58. The molecule has 142 valence electrons. The van der Waals surface area contributed by atoms with Gasteiger partial charge in [-0.1, -0.05) is 50.3 Å². The molecule has 0 aliphatic heterocycles. The zero-order valence-electron chi connectivity index (χ0n) is 14.4. The average Bonchev–Trinajstić information content (AvgIpc) is 2.59. The van der Waals surface area contributed by atoms with Crippen LogP contribution in [0.25, 0.3) is 0 Å². The third kappa shape index (κ3) is 6.82. The number of nitrogens with zero attached hydrogens (tertiary/aromatic N) is 1. The largest absolute Gasteiger partial charge is 0.394 e. The van der Waals surface area contributed by atoms with Crippen molar-refractivity contribution >= 4 is 29.2 Å². The maximum atomic E-state index is 10.1. The smallest absolute Gasteiger partial charge is 0.133 e. The van der Waals surface area contributed by atoms with Gasteiger partial charge in [0.05, 0.1) is 6.61 Å². The fraction of sp³-hybridized carbons (Fsp3) is 0.588. The van der Waals surface area contributed by atoms with Gasteiger partial charge in [-0.05, 0) is 17.0 Å². The maximum absolute atomic E-state index is 10.1. The molecule has 1 rings (SSSR count). The molecule has 1 aromatic carbocycles. The molecule has 0 spiro atoms. The van der Waals surface area contributed by atoms with Crippen LogP contribution in [0.3, 0.4) is 0 Å². The van der Waals surface area contributed by atoms with Crippen molar-refractivity contribution in [3.63, 3.8) is 0 Å². The molecule has 0 bridgehead atoms. The summed E-state index contributed by atoms with van der Waals surface area (Å²) in [5.41, 5.74) is 2.17. The van der Waals surface area contributed by atoms with E-state index >= 15 is 0 Å². The van der Waals surface area contributed by atoms with Crippen LogP contribution in [0.15, 0.2) is 24.3 Å². The lowest BCUT2D eigenvalue weighted by Gasteiger charge is -2.30. The summed E-state index contributed by atoms with van der Waals surface area (Å²) in [6.45, 7) is 3.79. The van der Waals surface area contributed by atoms with Crippen molar-refractivity contribution in [3.05, 3.63) is 35.4 Å². The summed E-state index contributed by atoms with van der Waals surface area (Å²) in [6.07, 6.45) is -6.21. The molecule has 0 unspecified atom stereocenters. The lowest BCUT2D eigenvalue weighted by atomic mass is 10.0. The normalized spacial score (nSPS) is 16.4. The molecule has 0 heterocycles. The minimum Gasteiger partial charge on any atom is -0.394 e. The Bertz CT molecular complexity index is 540. The fourth-order valence-electron chi connectivity index (χ4n) is 2.34. The Morgan fingerprint density at radius 1 is 1.04 bits per heavy atom. The number of thiol groups is 1. The summed E-state index contributed by atoms with van der Waals surface area (Å²) in [5, 5.41) is 47.9.